The highest BCUT2D eigenvalue weighted by Gasteiger charge is 2.20. The molecule has 0 radical (unpaired) electrons. The average molecular weight is 409 g/mol. The normalized spacial score (nSPS) is 10.7. The first kappa shape index (κ1) is 21.0. The second-order valence-corrected chi connectivity index (χ2v) is 6.93. The molecule has 0 spiro atoms. The molecule has 0 fully saturated rings. The minimum Gasteiger partial charge on any atom is -0.493 e. The van der Waals surface area contributed by atoms with E-state index in [2.05, 4.69) is 10.3 Å². The Labute approximate surface area is 174 Å². The Morgan fingerprint density at radius 3 is 2.47 bits per heavy atom. The van der Waals surface area contributed by atoms with Crippen molar-refractivity contribution < 1.29 is 19.2 Å². The molecule has 3 aromatic rings. The molecule has 1 aromatic heterocycles. The van der Waals surface area contributed by atoms with Gasteiger partial charge >= 0.3 is 0 Å². The number of amides is 1. The molecule has 0 aliphatic rings. The van der Waals surface area contributed by atoms with Gasteiger partial charge in [0.05, 0.1) is 36.3 Å². The average Bonchev–Trinajstić information content (AvgIpc) is 2.72. The number of ether oxygens (including phenoxy) is 2. The number of hydrogen-bond acceptors (Lipinski definition) is 6. The summed E-state index contributed by atoms with van der Waals surface area (Å²) in [5.74, 6) is 0.431. The zero-order chi connectivity index (χ0) is 21.8. The fourth-order valence-electron chi connectivity index (χ4n) is 3.35. The summed E-state index contributed by atoms with van der Waals surface area (Å²) in [5.41, 5.74) is 3.42. The van der Waals surface area contributed by atoms with Crippen LogP contribution in [0, 0.1) is 24.0 Å². The molecule has 0 atom stereocenters. The molecule has 8 nitrogen and oxygen atoms in total. The minimum absolute atomic E-state index is 0.0808. The number of benzene rings is 2. The van der Waals surface area contributed by atoms with Crippen molar-refractivity contribution in [3.05, 3.63) is 68.9 Å². The summed E-state index contributed by atoms with van der Waals surface area (Å²) in [6, 6.07) is 10.4. The summed E-state index contributed by atoms with van der Waals surface area (Å²) in [7, 11) is 2.89. The van der Waals surface area contributed by atoms with Gasteiger partial charge in [-0.15, -0.1) is 0 Å². The van der Waals surface area contributed by atoms with Gasteiger partial charge in [0.15, 0.2) is 11.5 Å². The lowest BCUT2D eigenvalue weighted by Gasteiger charge is -2.12. The molecule has 3 rings (SSSR count). The number of fused-ring (bicyclic) bond motifs is 1. The molecular weight excluding hydrogens is 386 g/mol. The standard InChI is InChI=1S/C22H23N3O5/c1-13-5-6-18-16(9-13)17(10-14(2)24-18)22(26)23-8-7-15-11-20(29-3)21(30-4)12-19(15)25(27)28/h5-6,9-12H,7-8H2,1-4H3,(H,23,26). The van der Waals surface area contributed by atoms with E-state index in [1.807, 2.05) is 32.0 Å². The lowest BCUT2D eigenvalue weighted by Crippen LogP contribution is -2.26. The number of hydrogen-bond donors (Lipinski definition) is 1. The number of pyridine rings is 1. The Morgan fingerprint density at radius 1 is 1.10 bits per heavy atom. The molecule has 0 bridgehead atoms. The molecule has 30 heavy (non-hydrogen) atoms. The number of nitrogens with one attached hydrogen (secondary N) is 1. The zero-order valence-electron chi connectivity index (χ0n) is 17.3. The van der Waals surface area contributed by atoms with E-state index in [1.54, 1.807) is 12.1 Å². The SMILES string of the molecule is COc1cc(CCNC(=O)c2cc(C)nc3ccc(C)cc23)c([N+](=O)[O-])cc1OC. The molecule has 0 unspecified atom stereocenters. The first-order valence-corrected chi connectivity index (χ1v) is 9.39. The lowest BCUT2D eigenvalue weighted by molar-refractivity contribution is -0.385. The largest absolute Gasteiger partial charge is 0.493 e. The number of nitro groups is 1. The Bertz CT molecular complexity index is 1130. The van der Waals surface area contributed by atoms with Crippen molar-refractivity contribution in [3.8, 4) is 11.5 Å². The Kier molecular flexibility index (Phi) is 6.15. The molecule has 0 saturated carbocycles. The van der Waals surface area contributed by atoms with Crippen LogP contribution in [0.25, 0.3) is 10.9 Å². The topological polar surface area (TPSA) is 104 Å². The van der Waals surface area contributed by atoms with Crippen molar-refractivity contribution in [2.45, 2.75) is 20.3 Å². The number of nitrogens with zero attached hydrogens (tertiary/aromatic N) is 2. The van der Waals surface area contributed by atoms with Crippen LogP contribution >= 0.6 is 0 Å². The van der Waals surface area contributed by atoms with E-state index in [4.69, 9.17) is 9.47 Å². The van der Waals surface area contributed by atoms with Gasteiger partial charge in [-0.25, -0.2) is 0 Å². The number of aryl methyl sites for hydroxylation is 2. The maximum atomic E-state index is 12.8. The number of methoxy groups -OCH3 is 2. The van der Waals surface area contributed by atoms with E-state index in [-0.39, 0.29) is 30.3 Å². The van der Waals surface area contributed by atoms with Gasteiger partial charge in [-0.1, -0.05) is 11.6 Å². The van der Waals surface area contributed by atoms with Crippen molar-refractivity contribution in [3.63, 3.8) is 0 Å². The molecule has 0 saturated heterocycles. The number of rotatable bonds is 7. The number of carbonyl (C=O) groups is 1. The van der Waals surface area contributed by atoms with Gasteiger partial charge in [0.25, 0.3) is 11.6 Å². The van der Waals surface area contributed by atoms with E-state index in [9.17, 15) is 14.9 Å². The molecule has 156 valence electrons. The van der Waals surface area contributed by atoms with Gasteiger partial charge in [-0.3, -0.25) is 19.9 Å². The van der Waals surface area contributed by atoms with Gasteiger partial charge in [0.2, 0.25) is 0 Å². The van der Waals surface area contributed by atoms with Crippen LogP contribution in [0.15, 0.2) is 36.4 Å². The first-order valence-electron chi connectivity index (χ1n) is 9.39. The second kappa shape index (κ2) is 8.77. The van der Waals surface area contributed by atoms with E-state index in [0.29, 0.717) is 16.9 Å². The highest BCUT2D eigenvalue weighted by molar-refractivity contribution is 6.06. The van der Waals surface area contributed by atoms with Crippen molar-refractivity contribution in [2.75, 3.05) is 20.8 Å². The van der Waals surface area contributed by atoms with Crippen LogP contribution in [0.4, 0.5) is 5.69 Å². The second-order valence-electron chi connectivity index (χ2n) is 6.93. The summed E-state index contributed by atoms with van der Waals surface area (Å²) in [4.78, 5) is 28.3. The van der Waals surface area contributed by atoms with Crippen LogP contribution in [0.3, 0.4) is 0 Å². The first-order chi connectivity index (χ1) is 14.3. The quantitative estimate of drug-likeness (QED) is 0.471. The van der Waals surface area contributed by atoms with E-state index < -0.39 is 4.92 Å². The van der Waals surface area contributed by atoms with Gasteiger partial charge in [-0.05, 0) is 44.5 Å². The summed E-state index contributed by atoms with van der Waals surface area (Å²) in [6.45, 7) is 4.02. The van der Waals surface area contributed by atoms with Gasteiger partial charge < -0.3 is 14.8 Å². The van der Waals surface area contributed by atoms with Crippen molar-refractivity contribution in [1.82, 2.24) is 10.3 Å². The van der Waals surface area contributed by atoms with Crippen LogP contribution in [0.2, 0.25) is 0 Å². The number of aromatic nitrogens is 1. The van der Waals surface area contributed by atoms with Crippen molar-refractivity contribution in [1.29, 1.82) is 0 Å². The van der Waals surface area contributed by atoms with E-state index in [0.717, 1.165) is 22.2 Å². The van der Waals surface area contributed by atoms with Crippen LogP contribution < -0.4 is 14.8 Å². The molecule has 1 heterocycles. The molecule has 0 aliphatic heterocycles. The fraction of sp³-hybridized carbons (Fsp3) is 0.273. The predicted octanol–water partition coefficient (Wildman–Crippen LogP) is 3.75. The maximum absolute atomic E-state index is 12.8. The van der Waals surface area contributed by atoms with Crippen LogP contribution in [-0.2, 0) is 6.42 Å². The molecule has 0 aliphatic carbocycles. The zero-order valence-corrected chi connectivity index (χ0v) is 17.3. The Balaban J connectivity index is 1.82. The highest BCUT2D eigenvalue weighted by Crippen LogP contribution is 2.34. The summed E-state index contributed by atoms with van der Waals surface area (Å²) in [6.07, 6.45) is 0.267. The minimum atomic E-state index is -0.471. The molecule has 2 aromatic carbocycles. The Hall–Kier alpha value is -3.68. The summed E-state index contributed by atoms with van der Waals surface area (Å²) < 4.78 is 10.4. The van der Waals surface area contributed by atoms with Crippen molar-refractivity contribution in [2.24, 2.45) is 0 Å². The third-order valence-electron chi connectivity index (χ3n) is 4.80. The summed E-state index contributed by atoms with van der Waals surface area (Å²) >= 11 is 0. The third-order valence-corrected chi connectivity index (χ3v) is 4.80. The van der Waals surface area contributed by atoms with E-state index >= 15 is 0 Å². The maximum Gasteiger partial charge on any atom is 0.276 e. The van der Waals surface area contributed by atoms with Crippen molar-refractivity contribution >= 4 is 22.5 Å². The van der Waals surface area contributed by atoms with E-state index in [1.165, 1.54) is 20.3 Å². The monoisotopic (exact) mass is 409 g/mol. The highest BCUT2D eigenvalue weighted by atomic mass is 16.6. The van der Waals surface area contributed by atoms with Gasteiger partial charge in [0.1, 0.15) is 0 Å². The molecule has 1 N–H and O–H groups in total. The van der Waals surface area contributed by atoms with Crippen LogP contribution in [-0.4, -0.2) is 36.6 Å². The molecular formula is C22H23N3O5. The van der Waals surface area contributed by atoms with Gasteiger partial charge in [-0.2, -0.15) is 0 Å². The lowest BCUT2D eigenvalue weighted by atomic mass is 10.0. The molecule has 1 amide bonds. The van der Waals surface area contributed by atoms with Crippen LogP contribution in [0.1, 0.15) is 27.2 Å². The smallest absolute Gasteiger partial charge is 0.276 e. The van der Waals surface area contributed by atoms with Gasteiger partial charge in [0, 0.05) is 23.2 Å². The van der Waals surface area contributed by atoms with Crippen LogP contribution in [0.5, 0.6) is 11.5 Å². The number of nitro benzene ring substituents is 1. The fourth-order valence-corrected chi connectivity index (χ4v) is 3.35. The predicted molar refractivity (Wildman–Crippen MR) is 113 cm³/mol. The number of carbonyl (C=O) groups excluding carboxylic acids is 1. The third kappa shape index (κ3) is 4.32. The molecule has 8 heteroatoms. The summed E-state index contributed by atoms with van der Waals surface area (Å²) in [5, 5.41) is 15.1. The Morgan fingerprint density at radius 2 is 1.80 bits per heavy atom.